The Balaban J connectivity index is 1.70. The molecule has 2 saturated heterocycles. The molecule has 2 aliphatic heterocycles. The molecule has 4 atom stereocenters. The maximum atomic E-state index is 12.0. The number of nitrogens with zero attached hydrogens (tertiary/aromatic N) is 1. The summed E-state index contributed by atoms with van der Waals surface area (Å²) in [4.78, 5) is 24.8. The van der Waals surface area contributed by atoms with Crippen LogP contribution < -0.4 is 5.32 Å². The summed E-state index contributed by atoms with van der Waals surface area (Å²) in [7, 11) is 1.56. The zero-order chi connectivity index (χ0) is 13.8. The van der Waals surface area contributed by atoms with Gasteiger partial charge in [0.1, 0.15) is 0 Å². The van der Waals surface area contributed by atoms with Crippen molar-refractivity contribution in [2.45, 2.75) is 51.3 Å². The highest BCUT2D eigenvalue weighted by Gasteiger charge is 2.58. The molecule has 3 fully saturated rings. The molecule has 4 unspecified atom stereocenters. The van der Waals surface area contributed by atoms with Crippen LogP contribution in [0.25, 0.3) is 0 Å². The fourth-order valence-corrected chi connectivity index (χ4v) is 3.96. The first-order valence-corrected chi connectivity index (χ1v) is 7.11. The lowest BCUT2D eigenvalue weighted by Gasteiger charge is -2.60. The monoisotopic (exact) mass is 266 g/mol. The normalized spacial score (nSPS) is 41.1. The average molecular weight is 266 g/mol. The van der Waals surface area contributed by atoms with Gasteiger partial charge in [0, 0.05) is 31.0 Å². The van der Waals surface area contributed by atoms with Crippen LogP contribution in [-0.2, 0) is 14.3 Å². The maximum absolute atomic E-state index is 12.0. The lowest BCUT2D eigenvalue weighted by atomic mass is 9.55. The van der Waals surface area contributed by atoms with Gasteiger partial charge in [0.15, 0.2) is 0 Å². The van der Waals surface area contributed by atoms with Crippen LogP contribution in [0, 0.1) is 11.3 Å². The van der Waals surface area contributed by atoms with E-state index in [-0.39, 0.29) is 29.3 Å². The van der Waals surface area contributed by atoms with Crippen molar-refractivity contribution in [2.24, 2.45) is 11.3 Å². The number of amides is 2. The van der Waals surface area contributed by atoms with Crippen LogP contribution in [0.15, 0.2) is 0 Å². The number of rotatable bonds is 2. The Bertz CT molecular complexity index is 421. The lowest BCUT2D eigenvalue weighted by Crippen LogP contribution is -2.71. The largest absolute Gasteiger partial charge is 0.377 e. The second-order valence-corrected chi connectivity index (χ2v) is 6.61. The Morgan fingerprint density at radius 2 is 2.11 bits per heavy atom. The fourth-order valence-electron chi connectivity index (χ4n) is 3.96. The molecule has 2 amide bonds. The highest BCUT2D eigenvalue weighted by atomic mass is 16.5. The first-order chi connectivity index (χ1) is 8.93. The number of likely N-dealkylation sites (N-methyl/N-ethyl adjacent to an activating group) is 1. The van der Waals surface area contributed by atoms with Crippen molar-refractivity contribution >= 4 is 11.8 Å². The van der Waals surface area contributed by atoms with Gasteiger partial charge in [-0.3, -0.25) is 14.5 Å². The summed E-state index contributed by atoms with van der Waals surface area (Å²) in [5.41, 5.74) is 0.0373. The first kappa shape index (κ1) is 13.1. The van der Waals surface area contributed by atoms with Gasteiger partial charge in [0.25, 0.3) is 0 Å². The minimum Gasteiger partial charge on any atom is -0.377 e. The predicted octanol–water partition coefficient (Wildman–Crippen LogP) is 0.537. The van der Waals surface area contributed by atoms with Gasteiger partial charge in [-0.1, -0.05) is 13.8 Å². The molecule has 0 radical (unpaired) electrons. The fraction of sp³-hybridized carbons (Fsp3) is 0.857. The van der Waals surface area contributed by atoms with Crippen LogP contribution in [0.2, 0.25) is 0 Å². The molecule has 0 aromatic carbocycles. The molecule has 3 rings (SSSR count). The molecule has 0 aromatic heterocycles. The van der Waals surface area contributed by atoms with Crippen molar-refractivity contribution in [2.75, 3.05) is 13.7 Å². The second kappa shape index (κ2) is 4.28. The lowest BCUT2D eigenvalue weighted by molar-refractivity contribution is -0.194. The van der Waals surface area contributed by atoms with Crippen LogP contribution in [0.5, 0.6) is 0 Å². The number of ether oxygens (including phenoxy) is 1. The highest BCUT2D eigenvalue weighted by Crippen LogP contribution is 2.51. The predicted molar refractivity (Wildman–Crippen MR) is 69.4 cm³/mol. The van der Waals surface area contributed by atoms with Crippen molar-refractivity contribution in [3.63, 3.8) is 0 Å². The number of hydrogen-bond acceptors (Lipinski definition) is 4. The number of imide groups is 1. The molecule has 0 spiro atoms. The second-order valence-electron chi connectivity index (χ2n) is 6.61. The van der Waals surface area contributed by atoms with Crippen molar-refractivity contribution in [3.8, 4) is 0 Å². The first-order valence-electron chi connectivity index (χ1n) is 7.11. The number of likely N-dealkylation sites (tertiary alicyclic amines) is 1. The van der Waals surface area contributed by atoms with Crippen LogP contribution in [-0.4, -0.2) is 48.6 Å². The Labute approximate surface area is 113 Å². The van der Waals surface area contributed by atoms with Gasteiger partial charge in [-0.05, 0) is 12.8 Å². The zero-order valence-electron chi connectivity index (χ0n) is 11.8. The van der Waals surface area contributed by atoms with Crippen molar-refractivity contribution in [1.82, 2.24) is 10.2 Å². The number of carbonyl (C=O) groups excluding carboxylic acids is 2. The molecule has 19 heavy (non-hydrogen) atoms. The Morgan fingerprint density at radius 1 is 1.37 bits per heavy atom. The maximum Gasteiger partial charge on any atom is 0.246 e. The van der Waals surface area contributed by atoms with Crippen molar-refractivity contribution in [3.05, 3.63) is 0 Å². The molecule has 0 bridgehead atoms. The van der Waals surface area contributed by atoms with Gasteiger partial charge >= 0.3 is 0 Å². The van der Waals surface area contributed by atoms with E-state index >= 15 is 0 Å². The summed E-state index contributed by atoms with van der Waals surface area (Å²) in [6.07, 6.45) is 2.83. The van der Waals surface area contributed by atoms with Gasteiger partial charge < -0.3 is 10.1 Å². The van der Waals surface area contributed by atoms with Crippen LogP contribution in [0.3, 0.4) is 0 Å². The number of nitrogens with one attached hydrogen (secondary N) is 1. The molecule has 0 aromatic rings. The van der Waals surface area contributed by atoms with E-state index in [0.29, 0.717) is 18.4 Å². The number of fused-ring (bicyclic) bond motifs is 1. The summed E-state index contributed by atoms with van der Waals surface area (Å²) in [5, 5.41) is 3.42. The third-order valence-electron chi connectivity index (χ3n) is 5.09. The summed E-state index contributed by atoms with van der Waals surface area (Å²) in [6.45, 7) is 5.21. The van der Waals surface area contributed by atoms with Gasteiger partial charge in [-0.2, -0.15) is 0 Å². The Kier molecular flexibility index (Phi) is 2.94. The van der Waals surface area contributed by atoms with E-state index in [1.54, 1.807) is 7.05 Å². The summed E-state index contributed by atoms with van der Waals surface area (Å²) in [6, 6.07) is -0.0734. The van der Waals surface area contributed by atoms with Gasteiger partial charge in [0.05, 0.1) is 18.6 Å². The molecule has 3 aliphatic rings. The molecule has 5 heteroatoms. The van der Waals surface area contributed by atoms with E-state index < -0.39 is 0 Å². The van der Waals surface area contributed by atoms with E-state index in [1.807, 2.05) is 0 Å². The molecule has 5 nitrogen and oxygen atoms in total. The third-order valence-corrected chi connectivity index (χ3v) is 5.09. The number of hydrogen-bond donors (Lipinski definition) is 1. The standard InChI is InChI=1S/C14H22N2O3/c1-14(2)11(8-5-4-6-19-12(8)14)15-9-7-10(17)16(3)13(9)18/h8-9,11-12,15H,4-7H2,1-3H3. The Hall–Kier alpha value is -0.940. The van der Waals surface area contributed by atoms with E-state index in [0.717, 1.165) is 19.4 Å². The summed E-state index contributed by atoms with van der Waals surface area (Å²) < 4.78 is 5.85. The van der Waals surface area contributed by atoms with E-state index in [1.165, 1.54) is 4.90 Å². The summed E-state index contributed by atoms with van der Waals surface area (Å²) in [5.74, 6) is 0.301. The smallest absolute Gasteiger partial charge is 0.246 e. The topological polar surface area (TPSA) is 58.6 Å². The van der Waals surface area contributed by atoms with E-state index in [4.69, 9.17) is 4.74 Å². The van der Waals surface area contributed by atoms with E-state index in [9.17, 15) is 9.59 Å². The Morgan fingerprint density at radius 3 is 2.74 bits per heavy atom. The van der Waals surface area contributed by atoms with Gasteiger partial charge in [-0.15, -0.1) is 0 Å². The van der Waals surface area contributed by atoms with Gasteiger partial charge in [-0.25, -0.2) is 0 Å². The molecular formula is C14H22N2O3. The van der Waals surface area contributed by atoms with Crippen molar-refractivity contribution < 1.29 is 14.3 Å². The molecule has 1 aliphatic carbocycles. The minimum atomic E-state index is -0.343. The highest BCUT2D eigenvalue weighted by molar-refractivity contribution is 6.05. The van der Waals surface area contributed by atoms with E-state index in [2.05, 4.69) is 19.2 Å². The molecule has 2 heterocycles. The summed E-state index contributed by atoms with van der Waals surface area (Å²) >= 11 is 0. The van der Waals surface area contributed by atoms with Crippen LogP contribution in [0.1, 0.15) is 33.1 Å². The van der Waals surface area contributed by atoms with Crippen LogP contribution >= 0.6 is 0 Å². The average Bonchev–Trinajstić information content (AvgIpc) is 2.63. The zero-order valence-corrected chi connectivity index (χ0v) is 11.8. The molecular weight excluding hydrogens is 244 g/mol. The molecule has 1 saturated carbocycles. The van der Waals surface area contributed by atoms with Crippen molar-refractivity contribution in [1.29, 1.82) is 0 Å². The minimum absolute atomic E-state index is 0.0373. The third kappa shape index (κ3) is 1.82. The quantitative estimate of drug-likeness (QED) is 0.741. The SMILES string of the molecule is CN1C(=O)CC(NC2C3CCCOC3C2(C)C)C1=O. The molecule has 1 N–H and O–H groups in total. The number of carbonyl (C=O) groups is 2. The molecule has 106 valence electrons. The van der Waals surface area contributed by atoms with Crippen LogP contribution in [0.4, 0.5) is 0 Å². The van der Waals surface area contributed by atoms with Gasteiger partial charge in [0.2, 0.25) is 11.8 Å².